The van der Waals surface area contributed by atoms with Crippen molar-refractivity contribution < 1.29 is 14.3 Å². The maximum absolute atomic E-state index is 13.1. The molecule has 0 radical (unpaired) electrons. The summed E-state index contributed by atoms with van der Waals surface area (Å²) in [6.07, 6.45) is -0.668. The van der Waals surface area contributed by atoms with Gasteiger partial charge in [-0.2, -0.15) is 0 Å². The van der Waals surface area contributed by atoms with Gasteiger partial charge in [0.15, 0.2) is 5.78 Å². The maximum Gasteiger partial charge on any atom is 0.163 e. The van der Waals surface area contributed by atoms with E-state index < -0.39 is 11.7 Å². The van der Waals surface area contributed by atoms with Gasteiger partial charge >= 0.3 is 0 Å². The van der Waals surface area contributed by atoms with Crippen molar-refractivity contribution in [3.63, 3.8) is 0 Å². The molecule has 0 spiro atoms. The lowest BCUT2D eigenvalue weighted by Gasteiger charge is -2.32. The summed E-state index contributed by atoms with van der Waals surface area (Å²) < 4.78 is 12.0. The molecule has 1 saturated heterocycles. The van der Waals surface area contributed by atoms with Crippen LogP contribution in [0.3, 0.4) is 0 Å². The second kappa shape index (κ2) is 10.2. The molecule has 0 aromatic heterocycles. The van der Waals surface area contributed by atoms with Crippen LogP contribution in [0.4, 0.5) is 0 Å². The minimum atomic E-state index is -0.668. The van der Waals surface area contributed by atoms with Crippen molar-refractivity contribution >= 4 is 28.2 Å². The van der Waals surface area contributed by atoms with Crippen LogP contribution in [0.5, 0.6) is 0 Å². The Morgan fingerprint density at radius 3 is 2.26 bits per heavy atom. The third kappa shape index (κ3) is 5.36. The van der Waals surface area contributed by atoms with Gasteiger partial charge in [0.25, 0.3) is 0 Å². The first kappa shape index (κ1) is 24.9. The second-order valence-electron chi connectivity index (χ2n) is 10.1. The minimum Gasteiger partial charge on any atom is -0.379 e. The molecule has 0 saturated carbocycles. The first-order chi connectivity index (χ1) is 16.2. The number of halogens is 1. The third-order valence-corrected chi connectivity index (χ3v) is 6.62. The van der Waals surface area contributed by atoms with Crippen molar-refractivity contribution in [1.82, 2.24) is 4.90 Å². The Hall–Kier alpha value is -2.24. The molecule has 3 aromatic carbocycles. The quantitative estimate of drug-likeness (QED) is 0.392. The molecule has 1 aliphatic heterocycles. The average Bonchev–Trinajstić information content (AvgIpc) is 2.80. The number of ketones is 1. The Balaban J connectivity index is 2.02. The van der Waals surface area contributed by atoms with Crippen LogP contribution in [0.1, 0.15) is 50.5 Å². The van der Waals surface area contributed by atoms with E-state index in [2.05, 4.69) is 36.1 Å². The Bertz CT molecular complexity index is 1170. The molecule has 34 heavy (non-hydrogen) atoms. The van der Waals surface area contributed by atoms with Crippen molar-refractivity contribution in [3.8, 4) is 11.1 Å². The molecule has 180 valence electrons. The first-order valence-corrected chi connectivity index (χ1v) is 12.3. The van der Waals surface area contributed by atoms with Crippen LogP contribution >= 0.6 is 11.6 Å². The lowest BCUT2D eigenvalue weighted by atomic mass is 9.83. The number of hydrogen-bond acceptors (Lipinski definition) is 4. The number of fused-ring (bicyclic) bond motifs is 1. The molecular weight excluding hydrogens is 446 g/mol. The van der Waals surface area contributed by atoms with E-state index in [0.29, 0.717) is 5.02 Å². The van der Waals surface area contributed by atoms with Gasteiger partial charge in [-0.3, -0.25) is 9.69 Å². The van der Waals surface area contributed by atoms with Gasteiger partial charge in [0.1, 0.15) is 6.10 Å². The Morgan fingerprint density at radius 1 is 1.06 bits per heavy atom. The molecule has 5 heteroatoms. The summed E-state index contributed by atoms with van der Waals surface area (Å²) in [5.74, 6) is 0.000780. The maximum atomic E-state index is 13.1. The van der Waals surface area contributed by atoms with E-state index in [-0.39, 0.29) is 5.78 Å². The van der Waals surface area contributed by atoms with Gasteiger partial charge in [-0.15, -0.1) is 0 Å². The highest BCUT2D eigenvalue weighted by molar-refractivity contribution is 6.30. The van der Waals surface area contributed by atoms with Crippen LogP contribution < -0.4 is 0 Å². The van der Waals surface area contributed by atoms with Crippen molar-refractivity contribution in [3.05, 3.63) is 70.2 Å². The van der Waals surface area contributed by atoms with E-state index in [1.165, 1.54) is 10.9 Å². The fourth-order valence-electron chi connectivity index (χ4n) is 4.80. The predicted octanol–water partition coefficient (Wildman–Crippen LogP) is 6.75. The topological polar surface area (TPSA) is 38.8 Å². The van der Waals surface area contributed by atoms with Gasteiger partial charge < -0.3 is 9.47 Å². The summed E-state index contributed by atoms with van der Waals surface area (Å²) >= 11 is 6.23. The van der Waals surface area contributed by atoms with Crippen molar-refractivity contribution in [2.75, 3.05) is 26.3 Å². The zero-order chi connectivity index (χ0) is 24.5. The fraction of sp³-hybridized carbons (Fsp3) is 0.414. The standard InChI is InChI=1S/C29H34ClNO3/c1-19-25(18-31-14-16-33-17-15-31)23-8-6-7-9-24(23)27(21-10-12-22(30)13-11-21)26(19)28(20(2)32)34-29(3,4)5/h6-13,28H,14-18H2,1-5H3. The highest BCUT2D eigenvalue weighted by atomic mass is 35.5. The second-order valence-corrected chi connectivity index (χ2v) is 10.5. The first-order valence-electron chi connectivity index (χ1n) is 11.9. The molecule has 0 aliphatic carbocycles. The molecule has 1 aliphatic rings. The van der Waals surface area contributed by atoms with Crippen molar-refractivity contribution in [1.29, 1.82) is 0 Å². The monoisotopic (exact) mass is 479 g/mol. The van der Waals surface area contributed by atoms with Crippen LogP contribution in [0.2, 0.25) is 5.02 Å². The lowest BCUT2D eigenvalue weighted by molar-refractivity contribution is -0.138. The van der Waals surface area contributed by atoms with E-state index in [1.807, 2.05) is 45.0 Å². The third-order valence-electron chi connectivity index (χ3n) is 6.37. The molecule has 1 fully saturated rings. The zero-order valence-electron chi connectivity index (χ0n) is 20.8. The van der Waals surface area contributed by atoms with Crippen LogP contribution in [-0.4, -0.2) is 42.6 Å². The van der Waals surface area contributed by atoms with Gasteiger partial charge in [0.05, 0.1) is 18.8 Å². The van der Waals surface area contributed by atoms with Crippen molar-refractivity contribution in [2.24, 2.45) is 0 Å². The van der Waals surface area contributed by atoms with Crippen LogP contribution in [0, 0.1) is 6.92 Å². The number of morpholine rings is 1. The predicted molar refractivity (Wildman–Crippen MR) is 139 cm³/mol. The summed E-state index contributed by atoms with van der Waals surface area (Å²) in [5.41, 5.74) is 4.90. The van der Waals surface area contributed by atoms with Gasteiger partial charge in [-0.25, -0.2) is 0 Å². The summed E-state index contributed by atoms with van der Waals surface area (Å²) in [5, 5.41) is 3.01. The number of carbonyl (C=O) groups is 1. The van der Waals surface area contributed by atoms with Crippen LogP contribution in [0.25, 0.3) is 21.9 Å². The summed E-state index contributed by atoms with van der Waals surface area (Å²) in [6.45, 7) is 13.8. The SMILES string of the molecule is CC(=O)C(OC(C)(C)C)c1c(C)c(CN2CCOCC2)c2ccccc2c1-c1ccc(Cl)cc1. The summed E-state index contributed by atoms with van der Waals surface area (Å²) in [7, 11) is 0. The number of Topliss-reactive ketones (excluding diaryl/α,β-unsaturated/α-hetero) is 1. The molecule has 1 unspecified atom stereocenters. The van der Waals surface area contributed by atoms with Crippen LogP contribution in [0.15, 0.2) is 48.5 Å². The normalized spacial score (nSPS) is 16.1. The van der Waals surface area contributed by atoms with E-state index in [1.54, 1.807) is 6.92 Å². The molecular formula is C29H34ClNO3. The molecule has 0 amide bonds. The number of nitrogens with zero attached hydrogens (tertiary/aromatic N) is 1. The number of benzene rings is 3. The number of ether oxygens (including phenoxy) is 2. The fourth-order valence-corrected chi connectivity index (χ4v) is 4.93. The lowest BCUT2D eigenvalue weighted by Crippen LogP contribution is -2.36. The van der Waals surface area contributed by atoms with Gasteiger partial charge in [-0.1, -0.05) is 48.0 Å². The highest BCUT2D eigenvalue weighted by Crippen LogP contribution is 2.43. The van der Waals surface area contributed by atoms with Crippen molar-refractivity contribution in [2.45, 2.75) is 52.9 Å². The molecule has 3 aromatic rings. The van der Waals surface area contributed by atoms with Gasteiger partial charge in [-0.05, 0) is 85.3 Å². The number of hydrogen-bond donors (Lipinski definition) is 0. The van der Waals surface area contributed by atoms with E-state index in [4.69, 9.17) is 21.1 Å². The molecule has 4 rings (SSSR count). The molecule has 0 bridgehead atoms. The van der Waals surface area contributed by atoms with E-state index >= 15 is 0 Å². The van der Waals surface area contributed by atoms with Gasteiger partial charge in [0.2, 0.25) is 0 Å². The molecule has 1 atom stereocenters. The van der Waals surface area contributed by atoms with Gasteiger partial charge in [0, 0.05) is 24.7 Å². The largest absolute Gasteiger partial charge is 0.379 e. The molecule has 4 nitrogen and oxygen atoms in total. The average molecular weight is 480 g/mol. The highest BCUT2D eigenvalue weighted by Gasteiger charge is 2.31. The smallest absolute Gasteiger partial charge is 0.163 e. The Kier molecular flexibility index (Phi) is 7.44. The molecule has 1 heterocycles. The molecule has 0 N–H and O–H groups in total. The van der Waals surface area contributed by atoms with Crippen LogP contribution in [-0.2, 0) is 20.8 Å². The summed E-state index contributed by atoms with van der Waals surface area (Å²) in [4.78, 5) is 15.5. The zero-order valence-corrected chi connectivity index (χ0v) is 21.5. The number of rotatable bonds is 6. The summed E-state index contributed by atoms with van der Waals surface area (Å²) in [6, 6.07) is 16.4. The Morgan fingerprint density at radius 2 is 1.68 bits per heavy atom. The van der Waals surface area contributed by atoms with E-state index in [0.717, 1.165) is 60.5 Å². The minimum absolute atomic E-state index is 0.000780. The van der Waals surface area contributed by atoms with E-state index in [9.17, 15) is 4.79 Å². The number of carbonyl (C=O) groups excluding carboxylic acids is 1. The Labute approximate surface area is 207 Å².